The first kappa shape index (κ1) is 12.1. The molecular weight excluding hydrogens is 230 g/mol. The van der Waals surface area contributed by atoms with Gasteiger partial charge in [-0.2, -0.15) is 0 Å². The average molecular weight is 243 g/mol. The van der Waals surface area contributed by atoms with E-state index in [9.17, 15) is 9.59 Å². The third kappa shape index (κ3) is 2.66. The van der Waals surface area contributed by atoms with Crippen LogP contribution < -0.4 is 10.2 Å². The van der Waals surface area contributed by atoms with Crippen molar-refractivity contribution >= 4 is 6.29 Å². The van der Waals surface area contributed by atoms with Gasteiger partial charge in [-0.15, -0.1) is 0 Å². The molecule has 0 aliphatic rings. The van der Waals surface area contributed by atoms with Crippen LogP contribution in [-0.2, 0) is 13.7 Å². The molecule has 1 aromatic carbocycles. The Morgan fingerprint density at radius 1 is 1.22 bits per heavy atom. The molecule has 18 heavy (non-hydrogen) atoms. The van der Waals surface area contributed by atoms with Crippen molar-refractivity contribution < 1.29 is 9.53 Å². The van der Waals surface area contributed by atoms with Crippen molar-refractivity contribution in [2.75, 3.05) is 0 Å². The first-order chi connectivity index (χ1) is 8.70. The number of pyridine rings is 1. The summed E-state index contributed by atoms with van der Waals surface area (Å²) in [5.41, 5.74) is 0.693. The number of hydrogen-bond donors (Lipinski definition) is 0. The summed E-state index contributed by atoms with van der Waals surface area (Å²) < 4.78 is 7.08. The van der Waals surface area contributed by atoms with E-state index >= 15 is 0 Å². The highest BCUT2D eigenvalue weighted by Crippen LogP contribution is 2.08. The van der Waals surface area contributed by atoms with E-state index in [1.54, 1.807) is 17.8 Å². The van der Waals surface area contributed by atoms with Gasteiger partial charge in [-0.05, 0) is 5.56 Å². The summed E-state index contributed by atoms with van der Waals surface area (Å²) >= 11 is 0. The second-order valence-electron chi connectivity index (χ2n) is 3.96. The van der Waals surface area contributed by atoms with E-state index in [1.165, 1.54) is 6.20 Å². The Morgan fingerprint density at radius 3 is 2.61 bits per heavy atom. The molecule has 4 nitrogen and oxygen atoms in total. The molecule has 0 fully saturated rings. The molecule has 0 aliphatic heterocycles. The number of aldehydes is 1. The number of rotatable bonds is 4. The maximum atomic E-state index is 11.8. The van der Waals surface area contributed by atoms with Gasteiger partial charge in [0.05, 0.1) is 5.56 Å². The average Bonchev–Trinajstić information content (AvgIpc) is 2.40. The van der Waals surface area contributed by atoms with Gasteiger partial charge in [-0.1, -0.05) is 30.3 Å². The molecule has 0 N–H and O–H groups in total. The van der Waals surface area contributed by atoms with Crippen LogP contribution in [0.2, 0.25) is 0 Å². The zero-order valence-electron chi connectivity index (χ0n) is 10.00. The van der Waals surface area contributed by atoms with Gasteiger partial charge in [-0.3, -0.25) is 9.59 Å². The van der Waals surface area contributed by atoms with Crippen molar-refractivity contribution in [1.29, 1.82) is 0 Å². The van der Waals surface area contributed by atoms with Crippen molar-refractivity contribution in [3.8, 4) is 5.75 Å². The number of ether oxygens (including phenoxy) is 1. The second kappa shape index (κ2) is 5.31. The topological polar surface area (TPSA) is 48.3 Å². The predicted octanol–water partition coefficient (Wildman–Crippen LogP) is 1.78. The first-order valence-electron chi connectivity index (χ1n) is 5.53. The zero-order chi connectivity index (χ0) is 13.0. The van der Waals surface area contributed by atoms with E-state index in [0.717, 1.165) is 5.56 Å². The third-order valence-corrected chi connectivity index (χ3v) is 2.51. The molecule has 92 valence electrons. The molecule has 0 spiro atoms. The lowest BCUT2D eigenvalue weighted by atomic mass is 10.2. The van der Waals surface area contributed by atoms with Crippen molar-refractivity contribution in [3.05, 3.63) is 64.1 Å². The molecule has 0 atom stereocenters. The molecule has 0 aliphatic carbocycles. The molecule has 0 amide bonds. The fraction of sp³-hybridized carbons (Fsp3) is 0.143. The predicted molar refractivity (Wildman–Crippen MR) is 67.8 cm³/mol. The Kier molecular flexibility index (Phi) is 3.57. The lowest BCUT2D eigenvalue weighted by Gasteiger charge is -2.08. The Bertz CT molecular complexity index is 602. The highest BCUT2D eigenvalue weighted by atomic mass is 16.5. The van der Waals surface area contributed by atoms with Gasteiger partial charge in [0.2, 0.25) is 5.43 Å². The Labute approximate surface area is 104 Å². The van der Waals surface area contributed by atoms with Crippen molar-refractivity contribution in [3.63, 3.8) is 0 Å². The Hall–Kier alpha value is -2.36. The maximum Gasteiger partial charge on any atom is 0.233 e. The summed E-state index contributed by atoms with van der Waals surface area (Å²) in [6.45, 7) is 0.304. The van der Waals surface area contributed by atoms with Crippen LogP contribution in [0.3, 0.4) is 0 Å². The van der Waals surface area contributed by atoms with Crippen LogP contribution in [-0.4, -0.2) is 10.9 Å². The minimum absolute atomic E-state index is 0.100. The molecule has 2 rings (SSSR count). The van der Waals surface area contributed by atoms with Gasteiger partial charge < -0.3 is 9.30 Å². The Balaban J connectivity index is 2.22. The lowest BCUT2D eigenvalue weighted by Crippen LogP contribution is -2.15. The van der Waals surface area contributed by atoms with E-state index in [4.69, 9.17) is 4.74 Å². The van der Waals surface area contributed by atoms with Crippen LogP contribution in [0.25, 0.3) is 0 Å². The molecule has 4 heteroatoms. The van der Waals surface area contributed by atoms with Gasteiger partial charge in [0, 0.05) is 19.4 Å². The van der Waals surface area contributed by atoms with Crippen LogP contribution >= 0.6 is 0 Å². The molecular formula is C14H13NO3. The minimum Gasteiger partial charge on any atom is -0.483 e. The number of aromatic nitrogens is 1. The summed E-state index contributed by atoms with van der Waals surface area (Å²) in [5, 5.41) is 0. The summed E-state index contributed by atoms with van der Waals surface area (Å²) in [4.78, 5) is 22.5. The molecule has 1 aromatic heterocycles. The molecule has 0 radical (unpaired) electrons. The van der Waals surface area contributed by atoms with Crippen LogP contribution in [0.15, 0.2) is 47.5 Å². The van der Waals surface area contributed by atoms with E-state index in [2.05, 4.69) is 0 Å². The fourth-order valence-electron chi connectivity index (χ4n) is 1.62. The highest BCUT2D eigenvalue weighted by Gasteiger charge is 2.07. The van der Waals surface area contributed by atoms with Crippen molar-refractivity contribution in [2.45, 2.75) is 6.61 Å². The number of aryl methyl sites for hydroxylation is 1. The molecule has 0 saturated heterocycles. The SMILES string of the molecule is Cn1cc(C=O)c(=O)c(OCc2ccccc2)c1. The number of hydrogen-bond acceptors (Lipinski definition) is 3. The van der Waals surface area contributed by atoms with Gasteiger partial charge >= 0.3 is 0 Å². The van der Waals surface area contributed by atoms with Gasteiger partial charge in [0.25, 0.3) is 0 Å². The molecule has 0 unspecified atom stereocenters. The van der Waals surface area contributed by atoms with Crippen molar-refractivity contribution in [1.82, 2.24) is 4.57 Å². The first-order valence-corrected chi connectivity index (χ1v) is 5.53. The maximum absolute atomic E-state index is 11.8. The number of carbonyl (C=O) groups is 1. The Morgan fingerprint density at radius 2 is 1.94 bits per heavy atom. The van der Waals surface area contributed by atoms with Crippen LogP contribution in [0.5, 0.6) is 5.75 Å². The molecule has 0 bridgehead atoms. The van der Waals surface area contributed by atoms with Crippen molar-refractivity contribution in [2.24, 2.45) is 7.05 Å². The number of carbonyl (C=O) groups excluding carboxylic acids is 1. The van der Waals surface area contributed by atoms with Crippen LogP contribution in [0, 0.1) is 0 Å². The monoisotopic (exact) mass is 243 g/mol. The summed E-state index contributed by atoms with van der Waals surface area (Å²) in [6.07, 6.45) is 3.58. The fourth-order valence-corrected chi connectivity index (χ4v) is 1.62. The third-order valence-electron chi connectivity index (χ3n) is 2.51. The molecule has 2 aromatic rings. The second-order valence-corrected chi connectivity index (χ2v) is 3.96. The standard InChI is InChI=1S/C14H13NO3/c1-15-7-12(9-16)14(17)13(8-15)18-10-11-5-3-2-4-6-11/h2-9H,10H2,1H3. The van der Waals surface area contributed by atoms with E-state index in [1.807, 2.05) is 30.3 Å². The molecule has 0 saturated carbocycles. The van der Waals surface area contributed by atoms with E-state index in [-0.39, 0.29) is 16.7 Å². The van der Waals surface area contributed by atoms with Gasteiger partial charge in [0.15, 0.2) is 12.0 Å². The normalized spacial score (nSPS) is 10.1. The van der Waals surface area contributed by atoms with Crippen LogP contribution in [0.1, 0.15) is 15.9 Å². The lowest BCUT2D eigenvalue weighted by molar-refractivity contribution is 0.112. The largest absolute Gasteiger partial charge is 0.483 e. The summed E-state index contributed by atoms with van der Waals surface area (Å²) in [5.74, 6) is 0.186. The van der Waals surface area contributed by atoms with E-state index in [0.29, 0.717) is 12.9 Å². The van der Waals surface area contributed by atoms with E-state index < -0.39 is 0 Å². The number of nitrogens with zero attached hydrogens (tertiary/aromatic N) is 1. The van der Waals surface area contributed by atoms with Gasteiger partial charge in [0.1, 0.15) is 6.61 Å². The van der Waals surface area contributed by atoms with Crippen LogP contribution in [0.4, 0.5) is 0 Å². The van der Waals surface area contributed by atoms with Gasteiger partial charge in [-0.25, -0.2) is 0 Å². The summed E-state index contributed by atoms with van der Waals surface area (Å²) in [6, 6.07) is 9.54. The molecule has 1 heterocycles. The zero-order valence-corrected chi connectivity index (χ0v) is 10.00. The highest BCUT2D eigenvalue weighted by molar-refractivity contribution is 5.74. The summed E-state index contributed by atoms with van der Waals surface area (Å²) in [7, 11) is 1.74. The number of benzene rings is 1. The quantitative estimate of drug-likeness (QED) is 0.769. The smallest absolute Gasteiger partial charge is 0.233 e. The minimum atomic E-state index is -0.376.